The summed E-state index contributed by atoms with van der Waals surface area (Å²) < 4.78 is 5.52. The third kappa shape index (κ3) is 6.84. The topological polar surface area (TPSA) is 41.2 Å². The minimum absolute atomic E-state index is 0.0254. The minimum atomic E-state index is 0.0254. The molecule has 0 aromatic heterocycles. The lowest BCUT2D eigenvalue weighted by Gasteiger charge is -2.06. The van der Waals surface area contributed by atoms with Gasteiger partial charge in [-0.1, -0.05) is 13.3 Å². The van der Waals surface area contributed by atoms with Gasteiger partial charge < -0.3 is 10.1 Å². The molecule has 0 saturated heterocycles. The maximum atomic E-state index is 10.9. The lowest BCUT2D eigenvalue weighted by atomic mass is 10.3. The van der Waals surface area contributed by atoms with Gasteiger partial charge in [-0.05, 0) is 56.6 Å². The Bertz CT molecular complexity index is 285. The molecule has 0 fully saturated rings. The van der Waals surface area contributed by atoms with Gasteiger partial charge in [0.2, 0.25) is 0 Å². The zero-order valence-corrected chi connectivity index (χ0v) is 10.6. The fraction of sp³-hybridized carbons (Fsp3) is 0.571. The predicted molar refractivity (Wildman–Crippen MR) is 69.1 cm³/mol. The highest BCUT2D eigenvalue weighted by molar-refractivity contribution is 5.29. The molecule has 0 unspecified atom stereocenters. The second-order valence-electron chi connectivity index (χ2n) is 4.13. The second-order valence-corrected chi connectivity index (χ2v) is 4.13. The number of hydrogen-bond acceptors (Lipinski definition) is 2. The van der Waals surface area contributed by atoms with E-state index in [-0.39, 0.29) is 5.75 Å². The van der Waals surface area contributed by atoms with Gasteiger partial charge in [0.15, 0.2) is 5.75 Å². The van der Waals surface area contributed by atoms with Crippen LogP contribution in [0.25, 0.3) is 0 Å². The summed E-state index contributed by atoms with van der Waals surface area (Å²) in [6.45, 7) is 5.08. The van der Waals surface area contributed by atoms with E-state index < -0.39 is 0 Å². The molecule has 1 N–H and O–H groups in total. The van der Waals surface area contributed by atoms with Crippen molar-refractivity contribution in [3.05, 3.63) is 24.3 Å². The Morgan fingerprint density at radius 3 is 2.47 bits per heavy atom. The van der Waals surface area contributed by atoms with Crippen molar-refractivity contribution in [2.45, 2.75) is 32.6 Å². The molecule has 0 atom stereocenters. The minimum Gasteiger partial charge on any atom is -0.494 e. The van der Waals surface area contributed by atoms with Crippen LogP contribution in [0.2, 0.25) is 0 Å². The van der Waals surface area contributed by atoms with Gasteiger partial charge in [-0.15, -0.1) is 0 Å². The smallest absolute Gasteiger partial charge is 0.178 e. The van der Waals surface area contributed by atoms with E-state index in [2.05, 4.69) is 12.2 Å². The maximum Gasteiger partial charge on any atom is 0.178 e. The molecule has 0 aliphatic rings. The monoisotopic (exact) mass is 236 g/mol. The molecule has 3 nitrogen and oxygen atoms in total. The number of ether oxygens (including phenoxy) is 1. The van der Waals surface area contributed by atoms with Crippen LogP contribution in [0.4, 0.5) is 0 Å². The van der Waals surface area contributed by atoms with Gasteiger partial charge >= 0.3 is 0 Å². The van der Waals surface area contributed by atoms with Crippen LogP contribution >= 0.6 is 0 Å². The second kappa shape index (κ2) is 8.88. The Morgan fingerprint density at radius 2 is 1.76 bits per heavy atom. The first-order valence-corrected chi connectivity index (χ1v) is 6.43. The van der Waals surface area contributed by atoms with Crippen LogP contribution in [0, 0.1) is 0 Å². The molecule has 0 heterocycles. The number of nitrogens with one attached hydrogen (secondary N) is 1. The van der Waals surface area contributed by atoms with E-state index in [1.807, 2.05) is 0 Å². The third-order valence-corrected chi connectivity index (χ3v) is 2.55. The first-order chi connectivity index (χ1) is 8.33. The molecule has 1 rings (SSSR count). The van der Waals surface area contributed by atoms with Crippen molar-refractivity contribution >= 4 is 0 Å². The van der Waals surface area contributed by atoms with Crippen LogP contribution in [0.3, 0.4) is 0 Å². The average molecular weight is 236 g/mol. The van der Waals surface area contributed by atoms with Gasteiger partial charge in [-0.25, -0.2) is 0 Å². The normalized spacial score (nSPS) is 10.4. The summed E-state index contributed by atoms with van der Waals surface area (Å²) in [5.74, 6) is 0.806. The van der Waals surface area contributed by atoms with Crippen LogP contribution in [0.1, 0.15) is 32.6 Å². The Morgan fingerprint density at radius 1 is 1.06 bits per heavy atom. The molecular formula is C14H22NO2. The van der Waals surface area contributed by atoms with Crippen molar-refractivity contribution in [3.8, 4) is 11.5 Å². The Hall–Kier alpha value is -1.22. The SMILES string of the molecule is CCCCNCCCCOc1ccc([O])cc1. The van der Waals surface area contributed by atoms with Gasteiger partial charge in [0.25, 0.3) is 0 Å². The largest absolute Gasteiger partial charge is 0.494 e. The van der Waals surface area contributed by atoms with Crippen LogP contribution in [0.15, 0.2) is 24.3 Å². The van der Waals surface area contributed by atoms with Crippen LogP contribution < -0.4 is 10.1 Å². The maximum absolute atomic E-state index is 10.9. The lowest BCUT2D eigenvalue weighted by Crippen LogP contribution is -2.17. The molecular weight excluding hydrogens is 214 g/mol. The highest BCUT2D eigenvalue weighted by Gasteiger charge is 1.95. The number of unbranched alkanes of at least 4 members (excludes halogenated alkanes) is 2. The Labute approximate surface area is 104 Å². The first-order valence-electron chi connectivity index (χ1n) is 6.43. The summed E-state index contributed by atoms with van der Waals surface area (Å²) in [6, 6.07) is 6.51. The van der Waals surface area contributed by atoms with Gasteiger partial charge in [0.1, 0.15) is 5.75 Å². The summed E-state index contributed by atoms with van der Waals surface area (Å²) in [6.07, 6.45) is 4.66. The zero-order chi connectivity index (χ0) is 12.3. The van der Waals surface area contributed by atoms with Crippen molar-refractivity contribution in [3.63, 3.8) is 0 Å². The fourth-order valence-corrected chi connectivity index (χ4v) is 1.50. The van der Waals surface area contributed by atoms with Crippen molar-refractivity contribution < 1.29 is 9.84 Å². The van der Waals surface area contributed by atoms with E-state index in [0.29, 0.717) is 6.61 Å². The van der Waals surface area contributed by atoms with Gasteiger partial charge in [-0.2, -0.15) is 0 Å². The molecule has 1 radical (unpaired) electrons. The van der Waals surface area contributed by atoms with Crippen LogP contribution in [-0.2, 0) is 5.11 Å². The van der Waals surface area contributed by atoms with E-state index in [4.69, 9.17) is 4.74 Å². The third-order valence-electron chi connectivity index (χ3n) is 2.55. The van der Waals surface area contributed by atoms with Crippen molar-refractivity contribution in [2.75, 3.05) is 19.7 Å². The molecule has 95 valence electrons. The fourth-order valence-electron chi connectivity index (χ4n) is 1.50. The summed E-state index contributed by atoms with van der Waals surface area (Å²) in [7, 11) is 0. The predicted octanol–water partition coefficient (Wildman–Crippen LogP) is 3.38. The van der Waals surface area contributed by atoms with Crippen LogP contribution in [0.5, 0.6) is 11.5 Å². The standard InChI is InChI=1S/C14H22NO2/c1-2-3-10-15-11-4-5-12-17-14-8-6-13(16)7-9-14/h6-9,15H,2-5,10-12H2,1H3. The quantitative estimate of drug-likeness (QED) is 0.668. The first kappa shape index (κ1) is 13.8. The van der Waals surface area contributed by atoms with E-state index in [1.54, 1.807) is 12.1 Å². The zero-order valence-electron chi connectivity index (χ0n) is 10.6. The molecule has 0 amide bonds. The van der Waals surface area contributed by atoms with Crippen molar-refractivity contribution in [2.24, 2.45) is 0 Å². The highest BCUT2D eigenvalue weighted by Crippen LogP contribution is 2.16. The van der Waals surface area contributed by atoms with Gasteiger partial charge in [-0.3, -0.25) is 5.11 Å². The molecule has 0 aliphatic heterocycles. The summed E-state index contributed by atoms with van der Waals surface area (Å²) in [5, 5.41) is 14.3. The molecule has 0 spiro atoms. The van der Waals surface area contributed by atoms with Gasteiger partial charge in [0.05, 0.1) is 6.61 Å². The Kier molecular flexibility index (Phi) is 7.23. The number of rotatable bonds is 9. The molecule has 1 aromatic carbocycles. The lowest BCUT2D eigenvalue weighted by molar-refractivity contribution is 0.304. The summed E-state index contributed by atoms with van der Waals surface area (Å²) >= 11 is 0. The van der Waals surface area contributed by atoms with Gasteiger partial charge in [0, 0.05) is 0 Å². The molecule has 0 saturated carbocycles. The van der Waals surface area contributed by atoms with Crippen molar-refractivity contribution in [1.82, 2.24) is 5.32 Å². The molecule has 17 heavy (non-hydrogen) atoms. The average Bonchev–Trinajstić information content (AvgIpc) is 2.35. The summed E-state index contributed by atoms with van der Waals surface area (Å²) in [5.41, 5.74) is 0. The van der Waals surface area contributed by atoms with Crippen molar-refractivity contribution in [1.29, 1.82) is 0 Å². The molecule has 0 bridgehead atoms. The van der Waals surface area contributed by atoms with E-state index >= 15 is 0 Å². The number of benzene rings is 1. The summed E-state index contributed by atoms with van der Waals surface area (Å²) in [4.78, 5) is 0. The van der Waals surface area contributed by atoms with E-state index in [1.165, 1.54) is 25.0 Å². The number of hydrogen-bond donors (Lipinski definition) is 1. The molecule has 3 heteroatoms. The molecule has 0 aliphatic carbocycles. The van der Waals surface area contributed by atoms with E-state index in [0.717, 1.165) is 31.7 Å². The van der Waals surface area contributed by atoms with Crippen LogP contribution in [-0.4, -0.2) is 19.7 Å². The Balaban J connectivity index is 1.95. The molecule has 1 aromatic rings. The highest BCUT2D eigenvalue weighted by atomic mass is 16.5. The van der Waals surface area contributed by atoms with E-state index in [9.17, 15) is 5.11 Å².